The van der Waals surface area contributed by atoms with Gasteiger partial charge in [0, 0.05) is 39.1 Å². The molecule has 0 bridgehead atoms. The monoisotopic (exact) mass is 210 g/mol. The minimum atomic E-state index is 0.230. The van der Waals surface area contributed by atoms with Crippen molar-refractivity contribution in [2.45, 2.75) is 32.7 Å². The summed E-state index contributed by atoms with van der Waals surface area (Å²) in [5.41, 5.74) is 0. The van der Waals surface area contributed by atoms with Gasteiger partial charge in [0.1, 0.15) is 11.6 Å². The molecule has 0 aliphatic carbocycles. The predicted molar refractivity (Wildman–Crippen MR) is 57.7 cm³/mol. The van der Waals surface area contributed by atoms with Gasteiger partial charge in [0.15, 0.2) is 0 Å². The number of aromatic nitrogens is 2. The SMILES string of the molecule is CCn1ccnc1CC(=O)CCCOC. The number of nitrogens with zero attached hydrogens (tertiary/aromatic N) is 2. The van der Waals surface area contributed by atoms with Crippen LogP contribution in [0.15, 0.2) is 12.4 Å². The molecule has 0 saturated carbocycles. The second kappa shape index (κ2) is 6.35. The van der Waals surface area contributed by atoms with Gasteiger partial charge >= 0.3 is 0 Å². The molecule has 0 atom stereocenters. The van der Waals surface area contributed by atoms with Gasteiger partial charge in [-0.3, -0.25) is 4.79 Å². The summed E-state index contributed by atoms with van der Waals surface area (Å²) in [5.74, 6) is 1.09. The van der Waals surface area contributed by atoms with Gasteiger partial charge in [-0.05, 0) is 13.3 Å². The van der Waals surface area contributed by atoms with E-state index in [9.17, 15) is 4.79 Å². The van der Waals surface area contributed by atoms with Crippen LogP contribution in [0.3, 0.4) is 0 Å². The summed E-state index contributed by atoms with van der Waals surface area (Å²) in [5, 5.41) is 0. The number of hydrogen-bond acceptors (Lipinski definition) is 3. The van der Waals surface area contributed by atoms with E-state index in [4.69, 9.17) is 4.74 Å². The summed E-state index contributed by atoms with van der Waals surface area (Å²) >= 11 is 0. The van der Waals surface area contributed by atoms with Gasteiger partial charge in [0.25, 0.3) is 0 Å². The molecule has 4 nitrogen and oxygen atoms in total. The Balaban J connectivity index is 2.37. The highest BCUT2D eigenvalue weighted by atomic mass is 16.5. The van der Waals surface area contributed by atoms with Gasteiger partial charge in [0.2, 0.25) is 0 Å². The number of carbonyl (C=O) groups excluding carboxylic acids is 1. The lowest BCUT2D eigenvalue weighted by molar-refractivity contribution is -0.118. The first kappa shape index (κ1) is 11.9. The van der Waals surface area contributed by atoms with Crippen molar-refractivity contribution in [2.75, 3.05) is 13.7 Å². The van der Waals surface area contributed by atoms with Crippen LogP contribution in [-0.4, -0.2) is 29.1 Å². The van der Waals surface area contributed by atoms with Gasteiger partial charge in [-0.2, -0.15) is 0 Å². The van der Waals surface area contributed by atoms with Gasteiger partial charge in [-0.15, -0.1) is 0 Å². The molecule has 0 aliphatic heterocycles. The lowest BCUT2D eigenvalue weighted by Crippen LogP contribution is -2.09. The molecular formula is C11H18N2O2. The Kier molecular flexibility index (Phi) is 5.04. The maximum absolute atomic E-state index is 11.5. The van der Waals surface area contributed by atoms with Crippen LogP contribution in [0.1, 0.15) is 25.6 Å². The molecule has 0 unspecified atom stereocenters. The molecular weight excluding hydrogens is 192 g/mol. The van der Waals surface area contributed by atoms with Crippen LogP contribution in [0.4, 0.5) is 0 Å². The summed E-state index contributed by atoms with van der Waals surface area (Å²) in [6.45, 7) is 3.55. The van der Waals surface area contributed by atoms with E-state index in [1.54, 1.807) is 13.3 Å². The van der Waals surface area contributed by atoms with Crippen molar-refractivity contribution in [3.8, 4) is 0 Å². The van der Waals surface area contributed by atoms with E-state index >= 15 is 0 Å². The maximum atomic E-state index is 11.5. The number of Topliss-reactive ketones (excluding diaryl/α,β-unsaturated/α-hetero) is 1. The predicted octanol–water partition coefficient (Wildman–Crippen LogP) is 1.44. The van der Waals surface area contributed by atoms with Crippen LogP contribution in [0.5, 0.6) is 0 Å². The molecule has 0 N–H and O–H groups in total. The zero-order valence-corrected chi connectivity index (χ0v) is 9.40. The highest BCUT2D eigenvalue weighted by Crippen LogP contribution is 2.02. The highest BCUT2D eigenvalue weighted by molar-refractivity contribution is 5.80. The van der Waals surface area contributed by atoms with Crippen LogP contribution in [0.25, 0.3) is 0 Å². The first-order valence-corrected chi connectivity index (χ1v) is 5.28. The first-order valence-electron chi connectivity index (χ1n) is 5.28. The summed E-state index contributed by atoms with van der Waals surface area (Å²) in [6.07, 6.45) is 5.44. The molecule has 4 heteroatoms. The molecule has 1 aromatic rings. The smallest absolute Gasteiger partial charge is 0.140 e. The first-order chi connectivity index (χ1) is 7.27. The molecule has 84 valence electrons. The lowest BCUT2D eigenvalue weighted by atomic mass is 10.1. The van der Waals surface area contributed by atoms with Gasteiger partial charge in [-0.1, -0.05) is 0 Å². The van der Waals surface area contributed by atoms with Crippen molar-refractivity contribution in [1.29, 1.82) is 0 Å². The van der Waals surface area contributed by atoms with E-state index < -0.39 is 0 Å². The minimum Gasteiger partial charge on any atom is -0.385 e. The topological polar surface area (TPSA) is 44.1 Å². The fourth-order valence-electron chi connectivity index (χ4n) is 1.47. The molecule has 0 radical (unpaired) electrons. The fraction of sp³-hybridized carbons (Fsp3) is 0.636. The van der Waals surface area contributed by atoms with E-state index in [1.807, 2.05) is 17.7 Å². The van der Waals surface area contributed by atoms with Crippen LogP contribution < -0.4 is 0 Å². The number of methoxy groups -OCH3 is 1. The van der Waals surface area contributed by atoms with Crippen molar-refractivity contribution >= 4 is 5.78 Å². The average Bonchev–Trinajstić information content (AvgIpc) is 2.65. The molecule has 0 saturated heterocycles. The summed E-state index contributed by atoms with van der Waals surface area (Å²) in [7, 11) is 1.65. The third-order valence-corrected chi connectivity index (χ3v) is 2.30. The number of imidazole rings is 1. The quantitative estimate of drug-likeness (QED) is 0.640. The summed E-state index contributed by atoms with van der Waals surface area (Å²) < 4.78 is 6.89. The maximum Gasteiger partial charge on any atom is 0.140 e. The molecule has 0 aliphatic rings. The van der Waals surface area contributed by atoms with Crippen molar-refractivity contribution < 1.29 is 9.53 Å². The number of ether oxygens (including phenoxy) is 1. The molecule has 0 amide bonds. The number of rotatable bonds is 7. The summed E-state index contributed by atoms with van der Waals surface area (Å²) in [4.78, 5) is 15.7. The van der Waals surface area contributed by atoms with Crippen molar-refractivity contribution in [2.24, 2.45) is 0 Å². The lowest BCUT2D eigenvalue weighted by Gasteiger charge is -2.03. The molecule has 0 spiro atoms. The van der Waals surface area contributed by atoms with E-state index in [0.29, 0.717) is 19.4 Å². The third kappa shape index (κ3) is 3.83. The number of carbonyl (C=O) groups is 1. The Morgan fingerprint density at radius 3 is 3.07 bits per heavy atom. The zero-order chi connectivity index (χ0) is 11.1. The second-order valence-corrected chi connectivity index (χ2v) is 3.44. The molecule has 1 rings (SSSR count). The van der Waals surface area contributed by atoms with Crippen molar-refractivity contribution in [3.63, 3.8) is 0 Å². The van der Waals surface area contributed by atoms with E-state index in [2.05, 4.69) is 4.98 Å². The minimum absolute atomic E-state index is 0.230. The molecule has 0 fully saturated rings. The van der Waals surface area contributed by atoms with Crippen LogP contribution in [0.2, 0.25) is 0 Å². The zero-order valence-electron chi connectivity index (χ0n) is 9.40. The van der Waals surface area contributed by atoms with Gasteiger partial charge in [0.05, 0.1) is 6.42 Å². The largest absolute Gasteiger partial charge is 0.385 e. The highest BCUT2D eigenvalue weighted by Gasteiger charge is 2.07. The molecule has 1 heterocycles. The normalized spacial score (nSPS) is 10.5. The van der Waals surface area contributed by atoms with Crippen LogP contribution in [0, 0.1) is 0 Å². The third-order valence-electron chi connectivity index (χ3n) is 2.30. The fourth-order valence-corrected chi connectivity index (χ4v) is 1.47. The Morgan fingerprint density at radius 1 is 1.60 bits per heavy atom. The van der Waals surface area contributed by atoms with E-state index in [-0.39, 0.29) is 5.78 Å². The second-order valence-electron chi connectivity index (χ2n) is 3.44. The molecule has 1 aromatic heterocycles. The standard InChI is InChI=1S/C11H18N2O2/c1-3-13-7-6-12-11(13)9-10(14)5-4-8-15-2/h6-7H,3-5,8-9H2,1-2H3. The van der Waals surface area contributed by atoms with E-state index in [0.717, 1.165) is 18.8 Å². The van der Waals surface area contributed by atoms with Crippen molar-refractivity contribution in [3.05, 3.63) is 18.2 Å². The Bertz CT molecular complexity index is 307. The average molecular weight is 210 g/mol. The van der Waals surface area contributed by atoms with Crippen LogP contribution >= 0.6 is 0 Å². The molecule has 15 heavy (non-hydrogen) atoms. The molecule has 0 aromatic carbocycles. The number of ketones is 1. The summed E-state index contributed by atoms with van der Waals surface area (Å²) in [6, 6.07) is 0. The Labute approximate surface area is 90.3 Å². The van der Waals surface area contributed by atoms with E-state index in [1.165, 1.54) is 0 Å². The van der Waals surface area contributed by atoms with Gasteiger partial charge in [-0.25, -0.2) is 4.98 Å². The van der Waals surface area contributed by atoms with Crippen molar-refractivity contribution in [1.82, 2.24) is 9.55 Å². The van der Waals surface area contributed by atoms with Crippen LogP contribution in [-0.2, 0) is 22.5 Å². The number of hydrogen-bond donors (Lipinski definition) is 0. The van der Waals surface area contributed by atoms with Gasteiger partial charge < -0.3 is 9.30 Å². The number of aryl methyl sites for hydroxylation is 1. The Morgan fingerprint density at radius 2 is 2.40 bits per heavy atom. The Hall–Kier alpha value is -1.16.